The molecule has 0 aromatic heterocycles. The molecule has 1 atom stereocenters. The number of nitro groups is 1. The standard InChI is InChI=1S/C11H13NO5S/c13-5-10(14)6-18-7-11(15)8-1-3-9(4-2-8)12(16)17/h1-4,10,13-14H,5-7H2. The molecule has 1 aromatic carbocycles. The average Bonchev–Trinajstić information content (AvgIpc) is 2.38. The summed E-state index contributed by atoms with van der Waals surface area (Å²) in [6.07, 6.45) is -0.834. The molecule has 7 heteroatoms. The van der Waals surface area contributed by atoms with Crippen molar-refractivity contribution in [2.75, 3.05) is 18.1 Å². The molecule has 1 aromatic rings. The van der Waals surface area contributed by atoms with Gasteiger partial charge in [0, 0.05) is 23.4 Å². The van der Waals surface area contributed by atoms with Gasteiger partial charge in [0.05, 0.1) is 23.4 Å². The molecule has 0 bridgehead atoms. The second-order valence-corrected chi connectivity index (χ2v) is 4.61. The first-order valence-corrected chi connectivity index (χ1v) is 6.34. The summed E-state index contributed by atoms with van der Waals surface area (Å²) in [6, 6.07) is 5.37. The molecule has 0 aliphatic heterocycles. The van der Waals surface area contributed by atoms with Crippen LogP contribution in [0.5, 0.6) is 0 Å². The molecule has 1 unspecified atom stereocenters. The van der Waals surface area contributed by atoms with Crippen LogP contribution in [0.2, 0.25) is 0 Å². The molecule has 0 saturated carbocycles. The quantitative estimate of drug-likeness (QED) is 0.433. The largest absolute Gasteiger partial charge is 0.394 e. The van der Waals surface area contributed by atoms with Gasteiger partial charge in [-0.25, -0.2) is 0 Å². The number of Topliss-reactive ketones (excluding diaryl/α,β-unsaturated/α-hetero) is 1. The number of hydrogen-bond acceptors (Lipinski definition) is 6. The predicted molar refractivity (Wildman–Crippen MR) is 67.8 cm³/mol. The summed E-state index contributed by atoms with van der Waals surface area (Å²) >= 11 is 1.21. The van der Waals surface area contributed by atoms with Crippen molar-refractivity contribution in [2.45, 2.75) is 6.10 Å². The van der Waals surface area contributed by atoms with Gasteiger partial charge in [-0.3, -0.25) is 14.9 Å². The van der Waals surface area contributed by atoms with Crippen molar-refractivity contribution in [1.29, 1.82) is 0 Å². The first-order chi connectivity index (χ1) is 8.54. The molecular formula is C11H13NO5S. The van der Waals surface area contributed by atoms with Crippen LogP contribution >= 0.6 is 11.8 Å². The van der Waals surface area contributed by atoms with Crippen LogP contribution in [0.25, 0.3) is 0 Å². The van der Waals surface area contributed by atoms with E-state index in [0.29, 0.717) is 5.56 Å². The maximum atomic E-state index is 11.7. The fraction of sp³-hybridized carbons (Fsp3) is 0.364. The van der Waals surface area contributed by atoms with Gasteiger partial charge >= 0.3 is 0 Å². The molecule has 0 aliphatic rings. The number of ketones is 1. The summed E-state index contributed by atoms with van der Waals surface area (Å²) in [5.74, 6) is 0.268. The number of nitrogens with zero attached hydrogens (tertiary/aromatic N) is 1. The van der Waals surface area contributed by atoms with Crippen molar-refractivity contribution in [3.8, 4) is 0 Å². The Kier molecular flexibility index (Phi) is 5.76. The summed E-state index contributed by atoms with van der Waals surface area (Å²) in [7, 11) is 0. The monoisotopic (exact) mass is 271 g/mol. The fourth-order valence-corrected chi connectivity index (χ4v) is 2.04. The van der Waals surface area contributed by atoms with Crippen LogP contribution in [0.3, 0.4) is 0 Å². The van der Waals surface area contributed by atoms with Crippen LogP contribution in [0.15, 0.2) is 24.3 Å². The van der Waals surface area contributed by atoms with Crippen molar-refractivity contribution in [3.05, 3.63) is 39.9 Å². The number of carbonyl (C=O) groups excluding carboxylic acids is 1. The van der Waals surface area contributed by atoms with Gasteiger partial charge in [0.2, 0.25) is 0 Å². The van der Waals surface area contributed by atoms with E-state index in [4.69, 9.17) is 10.2 Å². The number of carbonyl (C=O) groups is 1. The topological polar surface area (TPSA) is 101 Å². The first-order valence-electron chi connectivity index (χ1n) is 5.19. The number of aliphatic hydroxyl groups excluding tert-OH is 2. The van der Waals surface area contributed by atoms with Crippen LogP contribution in [0.4, 0.5) is 5.69 Å². The van der Waals surface area contributed by atoms with Gasteiger partial charge in [0.25, 0.3) is 5.69 Å². The maximum Gasteiger partial charge on any atom is 0.269 e. The lowest BCUT2D eigenvalue weighted by Gasteiger charge is -2.05. The third-order valence-electron chi connectivity index (χ3n) is 2.15. The fourth-order valence-electron chi connectivity index (χ4n) is 1.19. The number of non-ortho nitro benzene ring substituents is 1. The molecule has 0 fully saturated rings. The Morgan fingerprint density at radius 1 is 1.39 bits per heavy atom. The predicted octanol–water partition coefficient (Wildman–Crippen LogP) is 0.864. The van der Waals surface area contributed by atoms with E-state index in [-0.39, 0.29) is 29.6 Å². The lowest BCUT2D eigenvalue weighted by atomic mass is 10.1. The highest BCUT2D eigenvalue weighted by atomic mass is 32.2. The minimum Gasteiger partial charge on any atom is -0.394 e. The number of rotatable bonds is 7. The Labute approximate surface area is 108 Å². The van der Waals surface area contributed by atoms with E-state index in [9.17, 15) is 14.9 Å². The van der Waals surface area contributed by atoms with Crippen molar-refractivity contribution >= 4 is 23.2 Å². The number of nitro benzene ring substituents is 1. The molecule has 1 rings (SSSR count). The normalized spacial score (nSPS) is 12.1. The van der Waals surface area contributed by atoms with Gasteiger partial charge in [0.15, 0.2) is 5.78 Å². The Morgan fingerprint density at radius 2 is 2.00 bits per heavy atom. The minimum atomic E-state index is -0.834. The van der Waals surface area contributed by atoms with E-state index in [1.165, 1.54) is 36.0 Å². The van der Waals surface area contributed by atoms with Crippen LogP contribution < -0.4 is 0 Å². The second-order valence-electron chi connectivity index (χ2n) is 3.58. The maximum absolute atomic E-state index is 11.7. The molecule has 98 valence electrons. The Balaban J connectivity index is 2.49. The highest BCUT2D eigenvalue weighted by Crippen LogP contribution is 2.14. The van der Waals surface area contributed by atoms with Crippen LogP contribution in [0, 0.1) is 10.1 Å². The molecule has 0 aliphatic carbocycles. The Morgan fingerprint density at radius 3 is 2.50 bits per heavy atom. The Hall–Kier alpha value is -1.44. The van der Waals surface area contributed by atoms with Crippen molar-refractivity contribution in [2.24, 2.45) is 0 Å². The van der Waals surface area contributed by atoms with Gasteiger partial charge in [-0.05, 0) is 12.1 Å². The zero-order chi connectivity index (χ0) is 13.5. The number of thioether (sulfide) groups is 1. The number of hydrogen-bond donors (Lipinski definition) is 2. The number of benzene rings is 1. The van der Waals surface area contributed by atoms with Gasteiger partial charge < -0.3 is 10.2 Å². The molecular weight excluding hydrogens is 258 g/mol. The van der Waals surface area contributed by atoms with Crippen molar-refractivity contribution in [1.82, 2.24) is 0 Å². The summed E-state index contributed by atoms with van der Waals surface area (Å²) in [5, 5.41) is 28.1. The molecule has 0 spiro atoms. The smallest absolute Gasteiger partial charge is 0.269 e. The zero-order valence-corrected chi connectivity index (χ0v) is 10.3. The van der Waals surface area contributed by atoms with Gasteiger partial charge in [-0.15, -0.1) is 0 Å². The SMILES string of the molecule is O=C(CSCC(O)CO)c1ccc([N+](=O)[O-])cc1. The van der Waals surface area contributed by atoms with Crippen LogP contribution in [-0.4, -0.2) is 45.1 Å². The summed E-state index contributed by atoms with van der Waals surface area (Å²) in [4.78, 5) is 21.6. The lowest BCUT2D eigenvalue weighted by Crippen LogP contribution is -2.16. The lowest BCUT2D eigenvalue weighted by molar-refractivity contribution is -0.384. The summed E-state index contributed by atoms with van der Waals surface area (Å²) in [6.45, 7) is -0.335. The second kappa shape index (κ2) is 7.10. The first kappa shape index (κ1) is 14.6. The van der Waals surface area contributed by atoms with Crippen LogP contribution in [-0.2, 0) is 0 Å². The van der Waals surface area contributed by atoms with Gasteiger partial charge in [-0.2, -0.15) is 11.8 Å². The molecule has 0 saturated heterocycles. The van der Waals surface area contributed by atoms with Crippen molar-refractivity contribution in [3.63, 3.8) is 0 Å². The molecule has 18 heavy (non-hydrogen) atoms. The van der Waals surface area contributed by atoms with E-state index in [0.717, 1.165) is 0 Å². The highest BCUT2D eigenvalue weighted by molar-refractivity contribution is 8.00. The van der Waals surface area contributed by atoms with E-state index in [1.54, 1.807) is 0 Å². The van der Waals surface area contributed by atoms with E-state index < -0.39 is 11.0 Å². The van der Waals surface area contributed by atoms with Gasteiger partial charge in [0.1, 0.15) is 0 Å². The third-order valence-corrected chi connectivity index (χ3v) is 3.24. The van der Waals surface area contributed by atoms with E-state index in [1.807, 2.05) is 0 Å². The zero-order valence-electron chi connectivity index (χ0n) is 9.48. The average molecular weight is 271 g/mol. The van der Waals surface area contributed by atoms with E-state index >= 15 is 0 Å². The minimum absolute atomic E-state index is 0.0603. The summed E-state index contributed by atoms with van der Waals surface area (Å²) in [5.41, 5.74) is 0.335. The van der Waals surface area contributed by atoms with E-state index in [2.05, 4.69) is 0 Å². The molecule has 0 heterocycles. The highest BCUT2D eigenvalue weighted by Gasteiger charge is 2.10. The third kappa shape index (κ3) is 4.44. The van der Waals surface area contributed by atoms with Crippen molar-refractivity contribution < 1.29 is 19.9 Å². The summed E-state index contributed by atoms with van der Waals surface area (Å²) < 4.78 is 0. The number of aliphatic hydroxyl groups is 2. The molecule has 6 nitrogen and oxygen atoms in total. The van der Waals surface area contributed by atoms with Gasteiger partial charge in [-0.1, -0.05) is 0 Å². The molecule has 0 radical (unpaired) electrons. The molecule has 0 amide bonds. The van der Waals surface area contributed by atoms with Crippen LogP contribution in [0.1, 0.15) is 10.4 Å². The molecule has 2 N–H and O–H groups in total. The Bertz CT molecular complexity index is 420.